The summed E-state index contributed by atoms with van der Waals surface area (Å²) in [7, 11) is 0. The zero-order valence-corrected chi connectivity index (χ0v) is 7.45. The van der Waals surface area contributed by atoms with Crippen molar-refractivity contribution in [2.45, 2.75) is 24.4 Å². The van der Waals surface area contributed by atoms with Gasteiger partial charge in [0.2, 0.25) is 0 Å². The van der Waals surface area contributed by atoms with Crippen LogP contribution in [0, 0.1) is 0 Å². The first kappa shape index (κ1) is 13.4. The highest BCUT2D eigenvalue weighted by Crippen LogP contribution is 2.02. The van der Waals surface area contributed by atoms with Gasteiger partial charge >= 0.3 is 0 Å². The molecule has 14 heavy (non-hydrogen) atoms. The van der Waals surface area contributed by atoms with Gasteiger partial charge in [-0.1, -0.05) is 0 Å². The zero-order valence-electron chi connectivity index (χ0n) is 7.45. The van der Waals surface area contributed by atoms with Crippen molar-refractivity contribution in [2.24, 2.45) is 5.73 Å². The Morgan fingerprint density at radius 1 is 1.07 bits per heavy atom. The fraction of sp³-hybridized carbons (Fsp3) is 0.857. The number of hydrogen-bond acceptors (Lipinski definition) is 7. The first-order chi connectivity index (χ1) is 6.45. The Balaban J connectivity index is 4.31. The van der Waals surface area contributed by atoms with Gasteiger partial charge in [0.05, 0.1) is 12.7 Å². The molecule has 0 fully saturated rings. The lowest BCUT2D eigenvalue weighted by Crippen LogP contribution is -2.48. The number of Topliss-reactive ketones (excluding diaryl/α,β-unsaturated/α-hetero) is 1. The van der Waals surface area contributed by atoms with Crippen LogP contribution in [0.15, 0.2) is 0 Å². The third-order valence-corrected chi connectivity index (χ3v) is 1.74. The van der Waals surface area contributed by atoms with Gasteiger partial charge in [-0.05, 0) is 0 Å². The molecule has 0 aromatic rings. The van der Waals surface area contributed by atoms with Crippen molar-refractivity contribution in [3.05, 3.63) is 0 Å². The zero-order chi connectivity index (χ0) is 11.3. The van der Waals surface area contributed by atoms with Gasteiger partial charge in [0, 0.05) is 6.54 Å². The minimum absolute atomic E-state index is 0.352. The van der Waals surface area contributed by atoms with Crippen molar-refractivity contribution >= 4 is 5.78 Å². The number of carbonyl (C=O) groups is 1. The monoisotopic (exact) mass is 209 g/mol. The first-order valence-corrected chi connectivity index (χ1v) is 4.02. The van der Waals surface area contributed by atoms with Gasteiger partial charge in [0.15, 0.2) is 5.78 Å². The molecule has 7 N–H and O–H groups in total. The molecule has 0 heterocycles. The van der Waals surface area contributed by atoms with Crippen LogP contribution in [0.4, 0.5) is 0 Å². The summed E-state index contributed by atoms with van der Waals surface area (Å²) in [5.74, 6) is -1.18. The summed E-state index contributed by atoms with van der Waals surface area (Å²) < 4.78 is 0. The predicted molar refractivity (Wildman–Crippen MR) is 45.2 cm³/mol. The molecule has 1 unspecified atom stereocenters. The van der Waals surface area contributed by atoms with Gasteiger partial charge in [0.25, 0.3) is 0 Å². The van der Waals surface area contributed by atoms with E-state index >= 15 is 0 Å². The van der Waals surface area contributed by atoms with Crippen molar-refractivity contribution in [1.82, 2.24) is 0 Å². The fourth-order valence-electron chi connectivity index (χ4n) is 0.783. The van der Waals surface area contributed by atoms with Crippen LogP contribution in [0.1, 0.15) is 0 Å². The summed E-state index contributed by atoms with van der Waals surface area (Å²) in [6, 6.07) is 0. The molecule has 7 nitrogen and oxygen atoms in total. The molecule has 4 atom stereocenters. The summed E-state index contributed by atoms with van der Waals surface area (Å²) in [6.45, 7) is -1.17. The lowest BCUT2D eigenvalue weighted by molar-refractivity contribution is -0.148. The number of aliphatic hydroxyl groups is 5. The van der Waals surface area contributed by atoms with Gasteiger partial charge in [-0.15, -0.1) is 0 Å². The largest absolute Gasteiger partial charge is 0.394 e. The average molecular weight is 209 g/mol. The molecule has 0 radical (unpaired) electrons. The Bertz CT molecular complexity index is 169. The maximum Gasteiger partial charge on any atom is 0.195 e. The maximum atomic E-state index is 11.1. The van der Waals surface area contributed by atoms with Gasteiger partial charge in [-0.2, -0.15) is 0 Å². The van der Waals surface area contributed by atoms with Crippen LogP contribution in [-0.2, 0) is 4.79 Å². The number of aliphatic hydroxyl groups excluding tert-OH is 5. The summed E-state index contributed by atoms with van der Waals surface area (Å²) in [5, 5.41) is 44.3. The van der Waals surface area contributed by atoms with Gasteiger partial charge in [0.1, 0.15) is 18.3 Å². The first-order valence-electron chi connectivity index (χ1n) is 4.02. The molecule has 0 saturated heterocycles. The summed E-state index contributed by atoms with van der Waals surface area (Å²) in [4.78, 5) is 11.1. The molecule has 0 aliphatic heterocycles. The molecule has 0 saturated carbocycles. The van der Waals surface area contributed by atoms with Crippen LogP contribution >= 0.6 is 0 Å². The minimum Gasteiger partial charge on any atom is -0.394 e. The van der Waals surface area contributed by atoms with Gasteiger partial charge < -0.3 is 31.3 Å². The SMILES string of the molecule is NC[C@@H](O)[C@H](O)C(=O)[C@H](O)C(O)CO. The van der Waals surface area contributed by atoms with Gasteiger partial charge in [-0.3, -0.25) is 4.79 Å². The van der Waals surface area contributed by atoms with E-state index in [0.717, 1.165) is 0 Å². The van der Waals surface area contributed by atoms with E-state index in [2.05, 4.69) is 0 Å². The van der Waals surface area contributed by atoms with E-state index in [9.17, 15) is 4.79 Å². The van der Waals surface area contributed by atoms with Crippen LogP contribution in [0.2, 0.25) is 0 Å². The molecule has 0 bridgehead atoms. The molecular formula is C7H15NO6. The van der Waals surface area contributed by atoms with E-state index < -0.39 is 36.8 Å². The lowest BCUT2D eigenvalue weighted by atomic mass is 10.0. The molecule has 84 valence electrons. The van der Waals surface area contributed by atoms with Crippen molar-refractivity contribution < 1.29 is 30.3 Å². The van der Waals surface area contributed by atoms with Crippen molar-refractivity contribution in [3.63, 3.8) is 0 Å². The third kappa shape index (κ3) is 3.29. The lowest BCUT2D eigenvalue weighted by Gasteiger charge is -2.20. The predicted octanol–water partition coefficient (Wildman–Crippen LogP) is -4.05. The second-order valence-corrected chi connectivity index (χ2v) is 2.85. The van der Waals surface area contributed by atoms with Crippen molar-refractivity contribution in [2.75, 3.05) is 13.2 Å². The maximum absolute atomic E-state index is 11.1. The summed E-state index contributed by atoms with van der Waals surface area (Å²) in [5.41, 5.74) is 4.96. The van der Waals surface area contributed by atoms with Crippen LogP contribution in [-0.4, -0.2) is 68.9 Å². The fourth-order valence-corrected chi connectivity index (χ4v) is 0.783. The van der Waals surface area contributed by atoms with E-state index in [-0.39, 0.29) is 6.54 Å². The smallest absolute Gasteiger partial charge is 0.195 e. The second-order valence-electron chi connectivity index (χ2n) is 2.85. The highest BCUT2D eigenvalue weighted by molar-refractivity contribution is 5.88. The topological polar surface area (TPSA) is 144 Å². The minimum atomic E-state index is -1.93. The molecule has 0 aromatic carbocycles. The van der Waals surface area contributed by atoms with E-state index in [1.54, 1.807) is 0 Å². The van der Waals surface area contributed by atoms with Crippen LogP contribution in [0.25, 0.3) is 0 Å². The van der Waals surface area contributed by atoms with E-state index in [0.29, 0.717) is 0 Å². The number of rotatable bonds is 6. The Morgan fingerprint density at radius 2 is 1.50 bits per heavy atom. The molecule has 0 amide bonds. The number of hydrogen-bond donors (Lipinski definition) is 6. The molecular weight excluding hydrogens is 194 g/mol. The van der Waals surface area contributed by atoms with E-state index in [4.69, 9.17) is 31.3 Å². The molecule has 7 heteroatoms. The highest BCUT2D eigenvalue weighted by Gasteiger charge is 2.32. The number of nitrogens with two attached hydrogens (primary N) is 1. The Kier molecular flexibility index (Phi) is 5.77. The Morgan fingerprint density at radius 3 is 1.86 bits per heavy atom. The van der Waals surface area contributed by atoms with Crippen LogP contribution < -0.4 is 5.73 Å². The van der Waals surface area contributed by atoms with Crippen LogP contribution in [0.3, 0.4) is 0 Å². The molecule has 0 aliphatic carbocycles. The van der Waals surface area contributed by atoms with Crippen molar-refractivity contribution in [3.8, 4) is 0 Å². The molecule has 0 spiro atoms. The Labute approximate surface area is 80.4 Å². The van der Waals surface area contributed by atoms with E-state index in [1.807, 2.05) is 0 Å². The van der Waals surface area contributed by atoms with Crippen LogP contribution in [0.5, 0.6) is 0 Å². The average Bonchev–Trinajstić information content (AvgIpc) is 2.23. The quantitative estimate of drug-likeness (QED) is 0.261. The Hall–Kier alpha value is -0.570. The third-order valence-electron chi connectivity index (χ3n) is 1.74. The summed E-state index contributed by atoms with van der Waals surface area (Å²) >= 11 is 0. The molecule has 0 aliphatic rings. The van der Waals surface area contributed by atoms with Crippen molar-refractivity contribution in [1.29, 1.82) is 0 Å². The van der Waals surface area contributed by atoms with E-state index in [1.165, 1.54) is 0 Å². The molecule has 0 aromatic heterocycles. The molecule has 0 rings (SSSR count). The van der Waals surface area contributed by atoms with Gasteiger partial charge in [-0.25, -0.2) is 0 Å². The highest BCUT2D eigenvalue weighted by atomic mass is 16.4. The number of carbonyl (C=O) groups excluding carboxylic acids is 1. The standard InChI is InChI=1S/C7H15NO6/c8-1-3(10)5(12)7(14)6(13)4(11)2-9/h3-6,9-13H,1-2,8H2/t3-,4?,5+,6-/m1/s1. The number of ketones is 1. The second kappa shape index (κ2) is 6.02. The summed E-state index contributed by atoms with van der Waals surface area (Å²) in [6.07, 6.45) is -6.97. The normalized spacial score (nSPS) is 19.9.